The van der Waals surface area contributed by atoms with Crippen LogP contribution in [0.5, 0.6) is 0 Å². The van der Waals surface area contributed by atoms with E-state index in [-0.39, 0.29) is 36.2 Å². The summed E-state index contributed by atoms with van der Waals surface area (Å²) in [7, 11) is 0. The first-order valence-corrected chi connectivity index (χ1v) is 7.94. The fourth-order valence-electron chi connectivity index (χ4n) is 3.99. The van der Waals surface area contributed by atoms with E-state index in [1.807, 2.05) is 24.3 Å². The van der Waals surface area contributed by atoms with Crippen molar-refractivity contribution in [2.24, 2.45) is 23.5 Å². The number of fused-ring (bicyclic) bond motifs is 2. The minimum Gasteiger partial charge on any atom is -0.352 e. The predicted molar refractivity (Wildman–Crippen MR) is 92.1 cm³/mol. The van der Waals surface area contributed by atoms with Crippen LogP contribution < -0.4 is 16.4 Å². The number of carbonyl (C=O) groups excluding carboxylic acids is 2. The Hall–Kier alpha value is -1.59. The van der Waals surface area contributed by atoms with E-state index in [0.717, 1.165) is 24.1 Å². The second-order valence-electron chi connectivity index (χ2n) is 6.54. The number of halogens is 1. The Morgan fingerprint density at radius 1 is 1.26 bits per heavy atom. The average Bonchev–Trinajstić information content (AvgIpc) is 3.05. The lowest BCUT2D eigenvalue weighted by Crippen LogP contribution is -2.45. The molecule has 5 nitrogen and oxygen atoms in total. The third-order valence-electron chi connectivity index (χ3n) is 5.00. The monoisotopic (exact) mass is 337 g/mol. The quantitative estimate of drug-likeness (QED) is 0.786. The number of nitrogens with two attached hydrogens (primary N) is 1. The fraction of sp³-hybridized carbons (Fsp3) is 0.529. The van der Waals surface area contributed by atoms with E-state index >= 15 is 0 Å². The molecule has 23 heavy (non-hydrogen) atoms. The number of carbonyl (C=O) groups is 2. The van der Waals surface area contributed by atoms with Crippen molar-refractivity contribution >= 4 is 29.9 Å². The minimum atomic E-state index is -0.103. The number of rotatable bonds is 4. The van der Waals surface area contributed by atoms with Crippen molar-refractivity contribution in [3.05, 3.63) is 29.8 Å². The highest BCUT2D eigenvalue weighted by Gasteiger charge is 2.48. The van der Waals surface area contributed by atoms with Crippen molar-refractivity contribution in [1.29, 1.82) is 0 Å². The second-order valence-corrected chi connectivity index (χ2v) is 6.54. The van der Waals surface area contributed by atoms with Gasteiger partial charge in [0.25, 0.3) is 0 Å². The van der Waals surface area contributed by atoms with Gasteiger partial charge in [0.1, 0.15) is 0 Å². The third-order valence-corrected chi connectivity index (χ3v) is 5.00. The number of anilines is 1. The molecule has 0 radical (unpaired) electrons. The summed E-state index contributed by atoms with van der Waals surface area (Å²) in [6.45, 7) is 1.94. The Morgan fingerprint density at radius 2 is 2.00 bits per heavy atom. The van der Waals surface area contributed by atoms with Crippen molar-refractivity contribution in [1.82, 2.24) is 5.32 Å². The van der Waals surface area contributed by atoms with Gasteiger partial charge in [0.05, 0.1) is 5.92 Å². The second kappa shape index (κ2) is 7.32. The van der Waals surface area contributed by atoms with Crippen molar-refractivity contribution < 1.29 is 9.59 Å². The van der Waals surface area contributed by atoms with Crippen LogP contribution in [0.3, 0.4) is 0 Å². The molecule has 0 spiro atoms. The van der Waals surface area contributed by atoms with Gasteiger partial charge >= 0.3 is 0 Å². The van der Waals surface area contributed by atoms with Gasteiger partial charge < -0.3 is 16.4 Å². The number of hydrogen-bond acceptors (Lipinski definition) is 3. The molecule has 0 aromatic heterocycles. The number of benzene rings is 1. The van der Waals surface area contributed by atoms with E-state index in [9.17, 15) is 9.59 Å². The van der Waals surface area contributed by atoms with Crippen molar-refractivity contribution in [3.63, 3.8) is 0 Å². The number of hydrogen-bond donors (Lipinski definition) is 3. The Balaban J connectivity index is 0.00000192. The minimum absolute atomic E-state index is 0. The van der Waals surface area contributed by atoms with Crippen LogP contribution in [0.1, 0.15) is 31.7 Å². The van der Waals surface area contributed by atoms with Gasteiger partial charge in [0, 0.05) is 25.2 Å². The summed E-state index contributed by atoms with van der Waals surface area (Å²) in [6.07, 6.45) is 3.42. The molecule has 4 N–H and O–H groups in total. The topological polar surface area (TPSA) is 84.2 Å². The molecule has 6 heteroatoms. The highest BCUT2D eigenvalue weighted by atomic mass is 35.5. The number of nitrogens with one attached hydrogen (secondary N) is 2. The zero-order valence-electron chi connectivity index (χ0n) is 13.2. The Morgan fingerprint density at radius 3 is 2.65 bits per heavy atom. The molecule has 126 valence electrons. The molecule has 1 aromatic rings. The fourth-order valence-corrected chi connectivity index (χ4v) is 3.99. The normalized spacial score (nSPS) is 28.1. The molecule has 2 amide bonds. The van der Waals surface area contributed by atoms with Crippen molar-refractivity contribution in [2.45, 2.75) is 38.8 Å². The van der Waals surface area contributed by atoms with Gasteiger partial charge in [-0.05, 0) is 48.8 Å². The molecular weight excluding hydrogens is 314 g/mol. The van der Waals surface area contributed by atoms with Crippen LogP contribution >= 0.6 is 12.4 Å². The van der Waals surface area contributed by atoms with Gasteiger partial charge in [-0.25, -0.2) is 0 Å². The van der Waals surface area contributed by atoms with Crippen LogP contribution in [-0.2, 0) is 16.1 Å². The molecule has 2 aliphatic rings. The standard InChI is InChI=1S/C17H23N3O2.ClH/c1-10(21)20-14-4-2-3-11(7-14)9-19-17(22)15-12-5-6-13(8-12)16(15)18;/h2-4,7,12-13,15-16H,5-6,8-9,18H2,1H3,(H,19,22)(H,20,21);1H. The maximum Gasteiger partial charge on any atom is 0.225 e. The van der Waals surface area contributed by atoms with Crippen LogP contribution in [-0.4, -0.2) is 17.9 Å². The van der Waals surface area contributed by atoms with E-state index in [2.05, 4.69) is 10.6 Å². The molecule has 4 atom stereocenters. The summed E-state index contributed by atoms with van der Waals surface area (Å²) in [5, 5.41) is 5.75. The zero-order valence-corrected chi connectivity index (χ0v) is 14.1. The van der Waals surface area contributed by atoms with Crippen molar-refractivity contribution in [3.8, 4) is 0 Å². The third kappa shape index (κ3) is 3.85. The van der Waals surface area contributed by atoms with Crippen molar-refractivity contribution in [2.75, 3.05) is 5.32 Å². The first-order valence-electron chi connectivity index (χ1n) is 7.94. The van der Waals surface area contributed by atoms with Gasteiger partial charge in [0.15, 0.2) is 0 Å². The molecular formula is C17H24ClN3O2. The van der Waals surface area contributed by atoms with Gasteiger partial charge in [-0.2, -0.15) is 0 Å². The summed E-state index contributed by atoms with van der Waals surface area (Å²) >= 11 is 0. The molecule has 4 unspecified atom stereocenters. The van der Waals surface area contributed by atoms with Crippen LogP contribution in [0.15, 0.2) is 24.3 Å². The maximum absolute atomic E-state index is 12.4. The smallest absolute Gasteiger partial charge is 0.225 e. The van der Waals surface area contributed by atoms with Gasteiger partial charge in [-0.1, -0.05) is 12.1 Å². The molecule has 1 aromatic carbocycles. The molecule has 3 rings (SSSR count). The van der Waals surface area contributed by atoms with Crippen LogP contribution in [0.2, 0.25) is 0 Å². The molecule has 2 saturated carbocycles. The highest BCUT2D eigenvalue weighted by molar-refractivity contribution is 5.88. The molecule has 0 heterocycles. The van der Waals surface area contributed by atoms with E-state index < -0.39 is 0 Å². The molecule has 2 fully saturated rings. The van der Waals surface area contributed by atoms with E-state index in [1.54, 1.807) is 0 Å². The van der Waals surface area contributed by atoms with Crippen LogP contribution in [0, 0.1) is 17.8 Å². The van der Waals surface area contributed by atoms with Gasteiger partial charge in [-0.15, -0.1) is 12.4 Å². The van der Waals surface area contributed by atoms with Crippen LogP contribution in [0.25, 0.3) is 0 Å². The Kier molecular flexibility index (Phi) is 5.65. The summed E-state index contributed by atoms with van der Waals surface area (Å²) in [5.74, 6) is 0.936. The molecule has 2 aliphatic carbocycles. The maximum atomic E-state index is 12.4. The lowest BCUT2D eigenvalue weighted by atomic mass is 9.84. The first kappa shape index (κ1) is 17.8. The molecule has 2 bridgehead atoms. The number of amides is 2. The molecule has 0 saturated heterocycles. The van der Waals surface area contributed by atoms with E-state index in [4.69, 9.17) is 5.73 Å². The zero-order chi connectivity index (χ0) is 15.7. The SMILES string of the molecule is CC(=O)Nc1cccc(CNC(=O)C2C3CCC(C3)C2N)c1.Cl. The van der Waals surface area contributed by atoms with Gasteiger partial charge in [-0.3, -0.25) is 9.59 Å². The predicted octanol–water partition coefficient (Wildman–Crippen LogP) is 2.06. The van der Waals surface area contributed by atoms with Crippen LogP contribution in [0.4, 0.5) is 5.69 Å². The Bertz CT molecular complexity index is 591. The average molecular weight is 338 g/mol. The highest BCUT2D eigenvalue weighted by Crippen LogP contribution is 2.47. The first-order chi connectivity index (χ1) is 10.5. The molecule has 0 aliphatic heterocycles. The summed E-state index contributed by atoms with van der Waals surface area (Å²) < 4.78 is 0. The van der Waals surface area contributed by atoms with E-state index in [0.29, 0.717) is 18.4 Å². The van der Waals surface area contributed by atoms with E-state index in [1.165, 1.54) is 13.3 Å². The summed E-state index contributed by atoms with van der Waals surface area (Å²) in [5.41, 5.74) is 7.92. The summed E-state index contributed by atoms with van der Waals surface area (Å²) in [4.78, 5) is 23.5. The Labute approximate surface area is 142 Å². The largest absolute Gasteiger partial charge is 0.352 e. The lowest BCUT2D eigenvalue weighted by Gasteiger charge is -2.27. The van der Waals surface area contributed by atoms with Gasteiger partial charge in [0.2, 0.25) is 11.8 Å². The lowest BCUT2D eigenvalue weighted by molar-refractivity contribution is -0.127. The summed E-state index contributed by atoms with van der Waals surface area (Å²) in [6, 6.07) is 7.54.